The van der Waals surface area contributed by atoms with Crippen molar-refractivity contribution < 1.29 is 9.59 Å². The molecule has 5 nitrogen and oxygen atoms in total. The number of nitrogens with zero attached hydrogens (tertiary/aromatic N) is 1. The first kappa shape index (κ1) is 15.0. The highest BCUT2D eigenvalue weighted by atomic mass is 16.2. The fourth-order valence-corrected chi connectivity index (χ4v) is 3.15. The summed E-state index contributed by atoms with van der Waals surface area (Å²) in [7, 11) is 0. The lowest BCUT2D eigenvalue weighted by Gasteiger charge is -2.16. The molecule has 3 rings (SSSR count). The number of rotatable bonds is 5. The van der Waals surface area contributed by atoms with Gasteiger partial charge in [-0.2, -0.15) is 0 Å². The molecule has 0 radical (unpaired) electrons. The molecule has 0 saturated carbocycles. The maximum Gasteiger partial charge on any atom is 0.237 e. The summed E-state index contributed by atoms with van der Waals surface area (Å²) in [6, 6.07) is 8.08. The van der Waals surface area contributed by atoms with E-state index >= 15 is 0 Å². The van der Waals surface area contributed by atoms with E-state index in [-0.39, 0.29) is 17.9 Å². The Hall–Kier alpha value is -1.88. The third kappa shape index (κ3) is 3.65. The van der Waals surface area contributed by atoms with E-state index in [0.717, 1.165) is 43.5 Å². The second-order valence-electron chi connectivity index (χ2n) is 6.11. The van der Waals surface area contributed by atoms with Crippen LogP contribution in [0.25, 0.3) is 0 Å². The highest BCUT2D eigenvalue weighted by molar-refractivity contribution is 5.82. The second-order valence-corrected chi connectivity index (χ2v) is 6.11. The predicted octanol–water partition coefficient (Wildman–Crippen LogP) is 1.18. The maximum absolute atomic E-state index is 12.0. The summed E-state index contributed by atoms with van der Waals surface area (Å²) in [4.78, 5) is 25.6. The van der Waals surface area contributed by atoms with Crippen molar-refractivity contribution in [1.29, 1.82) is 0 Å². The minimum Gasteiger partial charge on any atom is -0.351 e. The van der Waals surface area contributed by atoms with E-state index in [1.807, 2.05) is 23.1 Å². The summed E-state index contributed by atoms with van der Waals surface area (Å²) >= 11 is 0. The molecule has 2 fully saturated rings. The zero-order valence-corrected chi connectivity index (χ0v) is 12.8. The molecule has 0 aromatic heterocycles. The number of likely N-dealkylation sites (tertiary alicyclic amines) is 1. The molecule has 1 aromatic carbocycles. The molecule has 0 bridgehead atoms. The minimum absolute atomic E-state index is 0.0367. The van der Waals surface area contributed by atoms with Crippen molar-refractivity contribution in [2.45, 2.75) is 44.8 Å². The van der Waals surface area contributed by atoms with Gasteiger partial charge in [-0.15, -0.1) is 0 Å². The molecule has 2 N–H and O–H groups in total. The minimum atomic E-state index is -0.0367. The monoisotopic (exact) mass is 301 g/mol. The van der Waals surface area contributed by atoms with Crippen LogP contribution in [-0.4, -0.2) is 35.8 Å². The molecule has 1 aromatic rings. The lowest BCUT2D eigenvalue weighted by atomic mass is 10.1. The highest BCUT2D eigenvalue weighted by Crippen LogP contribution is 2.15. The van der Waals surface area contributed by atoms with E-state index in [2.05, 4.69) is 16.7 Å². The number of hydrogen-bond donors (Lipinski definition) is 2. The van der Waals surface area contributed by atoms with E-state index < -0.39 is 0 Å². The fourth-order valence-electron chi connectivity index (χ4n) is 3.15. The van der Waals surface area contributed by atoms with E-state index in [4.69, 9.17) is 0 Å². The Kier molecular flexibility index (Phi) is 4.73. The Labute approximate surface area is 131 Å². The molecule has 118 valence electrons. The molecule has 1 atom stereocenters. The van der Waals surface area contributed by atoms with Crippen molar-refractivity contribution >= 4 is 11.8 Å². The number of hydrogen-bond acceptors (Lipinski definition) is 3. The third-order valence-corrected chi connectivity index (χ3v) is 4.38. The summed E-state index contributed by atoms with van der Waals surface area (Å²) < 4.78 is 0. The summed E-state index contributed by atoms with van der Waals surface area (Å²) in [5, 5.41) is 6.19. The Morgan fingerprint density at radius 1 is 1.32 bits per heavy atom. The van der Waals surface area contributed by atoms with Gasteiger partial charge >= 0.3 is 0 Å². The normalized spacial score (nSPS) is 21.4. The molecule has 2 saturated heterocycles. The molecule has 5 heteroatoms. The summed E-state index contributed by atoms with van der Waals surface area (Å²) in [6.07, 6.45) is 3.62. The van der Waals surface area contributed by atoms with Gasteiger partial charge in [0.25, 0.3) is 0 Å². The SMILES string of the molecule is O=C(NCc1cccc(CN2CCCC2=O)c1)C1CCCN1. The number of nitrogens with one attached hydrogen (secondary N) is 2. The maximum atomic E-state index is 12.0. The van der Waals surface area contributed by atoms with Gasteiger partial charge in [-0.1, -0.05) is 24.3 Å². The third-order valence-electron chi connectivity index (χ3n) is 4.38. The molecular weight excluding hydrogens is 278 g/mol. The summed E-state index contributed by atoms with van der Waals surface area (Å²) in [6.45, 7) is 2.99. The van der Waals surface area contributed by atoms with E-state index in [0.29, 0.717) is 19.5 Å². The molecule has 0 aliphatic carbocycles. The van der Waals surface area contributed by atoms with Crippen LogP contribution in [0.15, 0.2) is 24.3 Å². The van der Waals surface area contributed by atoms with Crippen LogP contribution >= 0.6 is 0 Å². The average Bonchev–Trinajstić information content (AvgIpc) is 3.18. The van der Waals surface area contributed by atoms with Crippen molar-refractivity contribution in [3.63, 3.8) is 0 Å². The van der Waals surface area contributed by atoms with Gasteiger partial charge in [-0.25, -0.2) is 0 Å². The lowest BCUT2D eigenvalue weighted by molar-refractivity contribution is -0.128. The molecule has 2 aliphatic heterocycles. The average molecular weight is 301 g/mol. The molecule has 2 amide bonds. The van der Waals surface area contributed by atoms with Crippen LogP contribution < -0.4 is 10.6 Å². The Bertz CT molecular complexity index is 553. The number of carbonyl (C=O) groups is 2. The van der Waals surface area contributed by atoms with Crippen molar-refractivity contribution in [1.82, 2.24) is 15.5 Å². The zero-order chi connectivity index (χ0) is 15.4. The standard InChI is InChI=1S/C17H23N3O2/c21-16-7-3-9-20(16)12-14-5-1-4-13(10-14)11-19-17(22)15-6-2-8-18-15/h1,4-5,10,15,18H,2-3,6-9,11-12H2,(H,19,22). The van der Waals surface area contributed by atoms with Crippen LogP contribution in [0.3, 0.4) is 0 Å². The first-order valence-corrected chi connectivity index (χ1v) is 8.09. The van der Waals surface area contributed by atoms with Gasteiger partial charge in [0.2, 0.25) is 11.8 Å². The van der Waals surface area contributed by atoms with E-state index in [9.17, 15) is 9.59 Å². The molecule has 1 unspecified atom stereocenters. The first-order chi connectivity index (χ1) is 10.7. The van der Waals surface area contributed by atoms with Crippen molar-refractivity contribution in [2.24, 2.45) is 0 Å². The largest absolute Gasteiger partial charge is 0.351 e. The van der Waals surface area contributed by atoms with Gasteiger partial charge in [0.05, 0.1) is 6.04 Å². The van der Waals surface area contributed by atoms with Gasteiger partial charge in [-0.05, 0) is 36.9 Å². The van der Waals surface area contributed by atoms with Gasteiger partial charge < -0.3 is 15.5 Å². The van der Waals surface area contributed by atoms with Crippen LogP contribution in [0.2, 0.25) is 0 Å². The number of benzene rings is 1. The van der Waals surface area contributed by atoms with E-state index in [1.165, 1.54) is 0 Å². The predicted molar refractivity (Wildman–Crippen MR) is 84.0 cm³/mol. The molecule has 2 heterocycles. The lowest BCUT2D eigenvalue weighted by Crippen LogP contribution is -2.40. The molecule has 0 spiro atoms. The van der Waals surface area contributed by atoms with Gasteiger partial charge in [0.15, 0.2) is 0 Å². The smallest absolute Gasteiger partial charge is 0.237 e. The second kappa shape index (κ2) is 6.92. The summed E-state index contributed by atoms with van der Waals surface area (Å²) in [5.74, 6) is 0.323. The molecular formula is C17H23N3O2. The molecule has 2 aliphatic rings. The van der Waals surface area contributed by atoms with Gasteiger partial charge in [0.1, 0.15) is 0 Å². The number of amides is 2. The number of carbonyl (C=O) groups excluding carboxylic acids is 2. The van der Waals surface area contributed by atoms with Crippen molar-refractivity contribution in [3.8, 4) is 0 Å². The van der Waals surface area contributed by atoms with Crippen molar-refractivity contribution in [3.05, 3.63) is 35.4 Å². The van der Waals surface area contributed by atoms with Crippen LogP contribution in [0, 0.1) is 0 Å². The highest BCUT2D eigenvalue weighted by Gasteiger charge is 2.22. The molecule has 22 heavy (non-hydrogen) atoms. The van der Waals surface area contributed by atoms with Crippen molar-refractivity contribution in [2.75, 3.05) is 13.1 Å². The van der Waals surface area contributed by atoms with Gasteiger partial charge in [-0.3, -0.25) is 9.59 Å². The summed E-state index contributed by atoms with van der Waals surface area (Å²) in [5.41, 5.74) is 2.21. The Morgan fingerprint density at radius 3 is 2.91 bits per heavy atom. The van der Waals surface area contributed by atoms with Crippen LogP contribution in [0.4, 0.5) is 0 Å². The Morgan fingerprint density at radius 2 is 2.18 bits per heavy atom. The fraction of sp³-hybridized carbons (Fsp3) is 0.529. The van der Waals surface area contributed by atoms with E-state index in [1.54, 1.807) is 0 Å². The van der Waals surface area contributed by atoms with Gasteiger partial charge in [0, 0.05) is 26.1 Å². The van der Waals surface area contributed by atoms with Crippen LogP contribution in [0.1, 0.15) is 36.8 Å². The first-order valence-electron chi connectivity index (χ1n) is 8.09. The zero-order valence-electron chi connectivity index (χ0n) is 12.8. The Balaban J connectivity index is 1.54. The van der Waals surface area contributed by atoms with Crippen LogP contribution in [-0.2, 0) is 22.7 Å². The van der Waals surface area contributed by atoms with Crippen LogP contribution in [0.5, 0.6) is 0 Å². The topological polar surface area (TPSA) is 61.4 Å². The quantitative estimate of drug-likeness (QED) is 0.858.